The van der Waals surface area contributed by atoms with Crippen LogP contribution in [0.2, 0.25) is 5.02 Å². The SMILES string of the molecule is Cc1cc(N2CCCCC2)nc(N(CCCNc2ccnc3cc(Cl)ccc23)Cc2ccc3c(c2)OCO3)n1. The molecule has 1 fully saturated rings. The summed E-state index contributed by atoms with van der Waals surface area (Å²) in [6, 6.07) is 16.1. The first-order valence-electron chi connectivity index (χ1n) is 13.6. The molecule has 9 heteroatoms. The van der Waals surface area contributed by atoms with Crippen molar-refractivity contribution in [2.24, 2.45) is 0 Å². The van der Waals surface area contributed by atoms with Crippen LogP contribution in [0.5, 0.6) is 11.5 Å². The van der Waals surface area contributed by atoms with E-state index in [2.05, 4.69) is 45.2 Å². The summed E-state index contributed by atoms with van der Waals surface area (Å²) in [7, 11) is 0. The fraction of sp³-hybridized carbons (Fsp3) is 0.367. The van der Waals surface area contributed by atoms with Crippen molar-refractivity contribution < 1.29 is 9.47 Å². The van der Waals surface area contributed by atoms with Gasteiger partial charge in [0.25, 0.3) is 0 Å². The van der Waals surface area contributed by atoms with Gasteiger partial charge in [0, 0.05) is 66.8 Å². The second kappa shape index (κ2) is 11.5. The van der Waals surface area contributed by atoms with Crippen molar-refractivity contribution in [1.29, 1.82) is 0 Å². The Morgan fingerprint density at radius 3 is 2.74 bits per heavy atom. The van der Waals surface area contributed by atoms with Crippen molar-refractivity contribution in [2.45, 2.75) is 39.2 Å². The second-order valence-corrected chi connectivity index (χ2v) is 10.6. The molecule has 0 atom stereocenters. The van der Waals surface area contributed by atoms with Crippen LogP contribution in [0.25, 0.3) is 10.9 Å². The molecular weight excluding hydrogens is 512 g/mol. The summed E-state index contributed by atoms with van der Waals surface area (Å²) in [6.07, 6.45) is 6.42. The van der Waals surface area contributed by atoms with Gasteiger partial charge >= 0.3 is 0 Å². The molecule has 202 valence electrons. The van der Waals surface area contributed by atoms with E-state index in [1.165, 1.54) is 19.3 Å². The van der Waals surface area contributed by atoms with Crippen molar-refractivity contribution in [3.8, 4) is 11.5 Å². The number of aromatic nitrogens is 3. The molecule has 0 unspecified atom stereocenters. The number of rotatable bonds is 9. The summed E-state index contributed by atoms with van der Waals surface area (Å²) < 4.78 is 11.1. The first-order valence-corrected chi connectivity index (χ1v) is 14.0. The molecule has 39 heavy (non-hydrogen) atoms. The normalized spacial score (nSPS) is 14.6. The minimum absolute atomic E-state index is 0.268. The van der Waals surface area contributed by atoms with E-state index in [9.17, 15) is 0 Å². The van der Waals surface area contributed by atoms with Crippen LogP contribution < -0.4 is 24.6 Å². The predicted octanol–water partition coefficient (Wildman–Crippen LogP) is 6.21. The zero-order valence-electron chi connectivity index (χ0n) is 22.2. The number of hydrogen-bond donors (Lipinski definition) is 1. The Morgan fingerprint density at radius 1 is 0.974 bits per heavy atom. The average molecular weight is 545 g/mol. The quantitative estimate of drug-likeness (QED) is 0.249. The van der Waals surface area contributed by atoms with Gasteiger partial charge in [0.05, 0.1) is 5.52 Å². The average Bonchev–Trinajstić information content (AvgIpc) is 3.43. The van der Waals surface area contributed by atoms with Crippen LogP contribution >= 0.6 is 11.6 Å². The standard InChI is InChI=1S/C30H33ClN6O2/c1-21-16-29(36-13-3-2-4-14-36)35-30(34-21)37(19-22-6-9-27-28(17-22)39-20-38-27)15-5-11-32-25-10-12-33-26-18-23(31)7-8-24(25)26/h6-10,12,16-18H,2-5,11,13-15,19-20H2,1H3,(H,32,33). The number of nitrogens with zero attached hydrogens (tertiary/aromatic N) is 5. The maximum absolute atomic E-state index is 6.16. The third-order valence-corrected chi connectivity index (χ3v) is 7.46. The molecule has 0 spiro atoms. The maximum Gasteiger partial charge on any atom is 0.231 e. The number of piperidine rings is 1. The molecule has 0 saturated carbocycles. The smallest absolute Gasteiger partial charge is 0.231 e. The van der Waals surface area contributed by atoms with Crippen LogP contribution in [0.4, 0.5) is 17.5 Å². The van der Waals surface area contributed by atoms with Gasteiger partial charge in [0.1, 0.15) is 5.82 Å². The highest BCUT2D eigenvalue weighted by atomic mass is 35.5. The number of pyridine rings is 1. The van der Waals surface area contributed by atoms with Gasteiger partial charge in [-0.2, -0.15) is 4.98 Å². The number of hydrogen-bond acceptors (Lipinski definition) is 8. The highest BCUT2D eigenvalue weighted by Gasteiger charge is 2.19. The molecule has 0 amide bonds. The lowest BCUT2D eigenvalue weighted by molar-refractivity contribution is 0.174. The zero-order valence-corrected chi connectivity index (χ0v) is 23.0. The lowest BCUT2D eigenvalue weighted by Gasteiger charge is -2.30. The monoisotopic (exact) mass is 544 g/mol. The Hall–Kier alpha value is -3.78. The fourth-order valence-corrected chi connectivity index (χ4v) is 5.41. The van der Waals surface area contributed by atoms with Gasteiger partial charge in [-0.1, -0.05) is 17.7 Å². The summed E-state index contributed by atoms with van der Waals surface area (Å²) in [5, 5.41) is 5.34. The van der Waals surface area contributed by atoms with Crippen LogP contribution in [-0.4, -0.2) is 47.9 Å². The zero-order chi connectivity index (χ0) is 26.6. The van der Waals surface area contributed by atoms with Crippen LogP contribution in [0, 0.1) is 6.92 Å². The molecule has 2 aromatic carbocycles. The lowest BCUT2D eigenvalue weighted by atomic mass is 10.1. The summed E-state index contributed by atoms with van der Waals surface area (Å²) >= 11 is 6.16. The number of ether oxygens (including phenoxy) is 2. The van der Waals surface area contributed by atoms with Crippen molar-refractivity contribution >= 4 is 40.0 Å². The predicted molar refractivity (Wildman–Crippen MR) is 156 cm³/mol. The lowest BCUT2D eigenvalue weighted by Crippen LogP contribution is -2.32. The summed E-state index contributed by atoms with van der Waals surface area (Å²) in [6.45, 7) is 6.68. The molecule has 0 radical (unpaired) electrons. The van der Waals surface area contributed by atoms with Crippen molar-refractivity contribution in [3.63, 3.8) is 0 Å². The molecule has 4 aromatic rings. The largest absolute Gasteiger partial charge is 0.454 e. The van der Waals surface area contributed by atoms with Crippen molar-refractivity contribution in [3.05, 3.63) is 71.0 Å². The molecule has 4 heterocycles. The van der Waals surface area contributed by atoms with Gasteiger partial charge < -0.3 is 24.6 Å². The molecule has 1 N–H and O–H groups in total. The maximum atomic E-state index is 6.16. The van der Waals surface area contributed by atoms with E-state index in [0.717, 1.165) is 83.7 Å². The van der Waals surface area contributed by atoms with Crippen LogP contribution in [0.3, 0.4) is 0 Å². The topological polar surface area (TPSA) is 75.6 Å². The Bertz CT molecular complexity index is 1460. The molecule has 1 saturated heterocycles. The van der Waals surface area contributed by atoms with Crippen molar-refractivity contribution in [2.75, 3.05) is 48.1 Å². The van der Waals surface area contributed by atoms with Crippen LogP contribution in [0.15, 0.2) is 54.7 Å². The van der Waals surface area contributed by atoms with Crippen LogP contribution in [-0.2, 0) is 6.54 Å². The van der Waals surface area contributed by atoms with E-state index in [1.54, 1.807) is 0 Å². The first kappa shape index (κ1) is 25.5. The fourth-order valence-electron chi connectivity index (χ4n) is 5.24. The van der Waals surface area contributed by atoms with E-state index >= 15 is 0 Å². The Kier molecular flexibility index (Phi) is 7.54. The van der Waals surface area contributed by atoms with Crippen molar-refractivity contribution in [1.82, 2.24) is 15.0 Å². The third kappa shape index (κ3) is 5.96. The number of aryl methyl sites for hydroxylation is 1. The van der Waals surface area contributed by atoms with E-state index < -0.39 is 0 Å². The van der Waals surface area contributed by atoms with E-state index in [1.807, 2.05) is 36.5 Å². The third-order valence-electron chi connectivity index (χ3n) is 7.23. The first-order chi connectivity index (χ1) is 19.1. The summed E-state index contributed by atoms with van der Waals surface area (Å²) in [4.78, 5) is 19.0. The Labute approximate surface area is 233 Å². The van der Waals surface area contributed by atoms with Gasteiger partial charge in [0.2, 0.25) is 12.7 Å². The van der Waals surface area contributed by atoms with Gasteiger partial charge in [-0.3, -0.25) is 4.98 Å². The molecule has 2 aromatic heterocycles. The molecule has 0 aliphatic carbocycles. The second-order valence-electron chi connectivity index (χ2n) is 10.1. The highest BCUT2D eigenvalue weighted by Crippen LogP contribution is 2.33. The minimum Gasteiger partial charge on any atom is -0.454 e. The summed E-state index contributed by atoms with van der Waals surface area (Å²) in [5.74, 6) is 3.36. The Balaban J connectivity index is 1.20. The minimum atomic E-state index is 0.268. The Morgan fingerprint density at radius 2 is 1.85 bits per heavy atom. The molecule has 0 bridgehead atoms. The van der Waals surface area contributed by atoms with Crippen LogP contribution in [0.1, 0.15) is 36.9 Å². The van der Waals surface area contributed by atoms with E-state index in [-0.39, 0.29) is 6.79 Å². The molecule has 2 aliphatic heterocycles. The van der Waals surface area contributed by atoms with Gasteiger partial charge in [-0.15, -0.1) is 0 Å². The van der Waals surface area contributed by atoms with E-state index in [0.29, 0.717) is 11.6 Å². The molecule has 8 nitrogen and oxygen atoms in total. The number of anilines is 3. The number of nitrogens with one attached hydrogen (secondary N) is 1. The summed E-state index contributed by atoms with van der Waals surface area (Å²) in [5.41, 5.74) is 4.05. The number of benzene rings is 2. The molecule has 6 rings (SSSR count). The number of fused-ring (bicyclic) bond motifs is 2. The highest BCUT2D eigenvalue weighted by molar-refractivity contribution is 6.31. The van der Waals surface area contributed by atoms with Gasteiger partial charge in [-0.25, -0.2) is 4.98 Å². The van der Waals surface area contributed by atoms with Gasteiger partial charge in [-0.05, 0) is 74.6 Å². The molecule has 2 aliphatic rings. The molecular formula is C30H33ClN6O2. The number of halogens is 1. The van der Waals surface area contributed by atoms with E-state index in [4.69, 9.17) is 31.0 Å². The van der Waals surface area contributed by atoms with Gasteiger partial charge in [0.15, 0.2) is 11.5 Å².